The highest BCUT2D eigenvalue weighted by molar-refractivity contribution is 5.97. The molecule has 0 spiro atoms. The summed E-state index contributed by atoms with van der Waals surface area (Å²) in [5, 5.41) is 10.6. The fourth-order valence-corrected chi connectivity index (χ4v) is 2.85. The van der Waals surface area contributed by atoms with Crippen molar-refractivity contribution in [2.75, 3.05) is 25.7 Å². The van der Waals surface area contributed by atoms with Gasteiger partial charge in [-0.15, -0.1) is 0 Å². The molecule has 138 valence electrons. The normalized spacial score (nSPS) is 13.8. The van der Waals surface area contributed by atoms with E-state index in [4.69, 9.17) is 18.6 Å². The number of amides is 1. The van der Waals surface area contributed by atoms with Gasteiger partial charge in [0.15, 0.2) is 5.76 Å². The number of ether oxygens (including phenoxy) is 3. The number of furan rings is 1. The maximum Gasteiger partial charge on any atom is 0.308 e. The van der Waals surface area contributed by atoms with Crippen molar-refractivity contribution in [3.63, 3.8) is 0 Å². The van der Waals surface area contributed by atoms with E-state index in [9.17, 15) is 14.7 Å². The van der Waals surface area contributed by atoms with Crippen LogP contribution in [0.25, 0.3) is 11.3 Å². The molecule has 8 heteroatoms. The van der Waals surface area contributed by atoms with E-state index in [1.165, 1.54) is 26.0 Å². The lowest BCUT2D eigenvalue weighted by molar-refractivity contribution is -0.132. The lowest BCUT2D eigenvalue weighted by atomic mass is 10.1. The van der Waals surface area contributed by atoms with Gasteiger partial charge in [0.25, 0.3) is 5.88 Å². The van der Waals surface area contributed by atoms with Crippen LogP contribution < -0.4 is 19.1 Å². The van der Waals surface area contributed by atoms with Crippen LogP contribution in [0, 0.1) is 0 Å². The van der Waals surface area contributed by atoms with E-state index in [2.05, 4.69) is 0 Å². The van der Waals surface area contributed by atoms with Crippen molar-refractivity contribution in [1.29, 1.82) is 0 Å². The maximum absolute atomic E-state index is 12.1. The third kappa shape index (κ3) is 3.05. The number of aromatic hydroxyl groups is 1. The summed E-state index contributed by atoms with van der Waals surface area (Å²) in [5.41, 5.74) is 0.399. The third-order valence-electron chi connectivity index (χ3n) is 4.04. The number of methoxy groups -OCH3 is 2. The number of carbonyl (C=O) groups excluding carboxylic acids is 2. The minimum Gasteiger partial charge on any atom is -0.502 e. The number of carbonyl (C=O) groups is 2. The Morgan fingerprint density at radius 1 is 1.27 bits per heavy atom. The molecule has 0 aliphatic carbocycles. The number of rotatable bonds is 5. The maximum atomic E-state index is 12.1. The first-order chi connectivity index (χ1) is 12.5. The molecule has 1 aliphatic heterocycles. The molecule has 1 saturated heterocycles. The summed E-state index contributed by atoms with van der Waals surface area (Å²) in [6, 6.07) is 4.97. The molecule has 0 unspecified atom stereocenters. The largest absolute Gasteiger partial charge is 0.502 e. The van der Waals surface area contributed by atoms with Crippen molar-refractivity contribution in [2.24, 2.45) is 0 Å². The number of hydrogen-bond acceptors (Lipinski definition) is 7. The van der Waals surface area contributed by atoms with Crippen LogP contribution in [0.3, 0.4) is 0 Å². The van der Waals surface area contributed by atoms with E-state index in [-0.39, 0.29) is 29.1 Å². The SMILES string of the molecule is COc1ccc(OC)c(-c2oc(N3CCCC3=O)c(OC(C)=O)c2O)c1. The van der Waals surface area contributed by atoms with Crippen LogP contribution in [-0.4, -0.2) is 37.7 Å². The van der Waals surface area contributed by atoms with Gasteiger partial charge >= 0.3 is 5.97 Å². The van der Waals surface area contributed by atoms with Gasteiger partial charge in [-0.3, -0.25) is 14.5 Å². The van der Waals surface area contributed by atoms with Gasteiger partial charge in [-0.2, -0.15) is 0 Å². The number of hydrogen-bond donors (Lipinski definition) is 1. The van der Waals surface area contributed by atoms with Gasteiger partial charge in [0, 0.05) is 19.9 Å². The zero-order valence-corrected chi connectivity index (χ0v) is 14.7. The summed E-state index contributed by atoms with van der Waals surface area (Å²) in [5.74, 6) is -0.428. The molecule has 2 aromatic rings. The Bertz CT molecular complexity index is 855. The molecule has 0 radical (unpaired) electrons. The van der Waals surface area contributed by atoms with Gasteiger partial charge in [0.2, 0.25) is 17.4 Å². The van der Waals surface area contributed by atoms with E-state index in [0.29, 0.717) is 36.4 Å². The van der Waals surface area contributed by atoms with E-state index < -0.39 is 5.97 Å². The van der Waals surface area contributed by atoms with Crippen molar-refractivity contribution in [3.8, 4) is 34.3 Å². The van der Waals surface area contributed by atoms with Crippen LogP contribution in [0.15, 0.2) is 22.6 Å². The highest BCUT2D eigenvalue weighted by Gasteiger charge is 2.34. The van der Waals surface area contributed by atoms with Gasteiger partial charge < -0.3 is 23.7 Å². The summed E-state index contributed by atoms with van der Waals surface area (Å²) in [7, 11) is 2.98. The summed E-state index contributed by atoms with van der Waals surface area (Å²) >= 11 is 0. The molecule has 0 saturated carbocycles. The molecule has 3 rings (SSSR count). The zero-order chi connectivity index (χ0) is 18.8. The van der Waals surface area contributed by atoms with Gasteiger partial charge in [-0.1, -0.05) is 0 Å². The first-order valence-corrected chi connectivity index (χ1v) is 8.03. The molecule has 8 nitrogen and oxygen atoms in total. The van der Waals surface area contributed by atoms with Crippen LogP contribution in [0.1, 0.15) is 19.8 Å². The molecule has 1 amide bonds. The molecule has 1 aromatic carbocycles. The molecule has 0 atom stereocenters. The smallest absolute Gasteiger partial charge is 0.308 e. The van der Waals surface area contributed by atoms with Crippen molar-refractivity contribution in [3.05, 3.63) is 18.2 Å². The zero-order valence-electron chi connectivity index (χ0n) is 14.7. The molecule has 26 heavy (non-hydrogen) atoms. The van der Waals surface area contributed by atoms with Crippen molar-refractivity contribution < 1.29 is 33.3 Å². The molecule has 1 fully saturated rings. The Morgan fingerprint density at radius 3 is 2.62 bits per heavy atom. The number of anilines is 1. The highest BCUT2D eigenvalue weighted by Crippen LogP contribution is 2.51. The van der Waals surface area contributed by atoms with Gasteiger partial charge in [-0.05, 0) is 24.6 Å². The van der Waals surface area contributed by atoms with Crippen LogP contribution in [0.5, 0.6) is 23.0 Å². The standard InChI is InChI=1S/C18H19NO7/c1-10(20)25-17-15(22)16(26-18(17)19-8-4-5-14(19)21)12-9-11(23-2)6-7-13(12)24-3/h6-7,9,22H,4-5,8H2,1-3H3. The van der Waals surface area contributed by atoms with E-state index in [1.807, 2.05) is 0 Å². The number of nitrogens with zero attached hydrogens (tertiary/aromatic N) is 1. The fourth-order valence-electron chi connectivity index (χ4n) is 2.85. The summed E-state index contributed by atoms with van der Waals surface area (Å²) in [4.78, 5) is 24.9. The Hall–Kier alpha value is -3.16. The second-order valence-corrected chi connectivity index (χ2v) is 5.72. The summed E-state index contributed by atoms with van der Waals surface area (Å²) in [6.07, 6.45) is 1.01. The Kier molecular flexibility index (Phi) is 4.75. The van der Waals surface area contributed by atoms with E-state index >= 15 is 0 Å². The Balaban J connectivity index is 2.18. The third-order valence-corrected chi connectivity index (χ3v) is 4.04. The van der Waals surface area contributed by atoms with Crippen molar-refractivity contribution in [2.45, 2.75) is 19.8 Å². The quantitative estimate of drug-likeness (QED) is 0.818. The van der Waals surface area contributed by atoms with Gasteiger partial charge in [0.1, 0.15) is 11.5 Å². The first kappa shape index (κ1) is 17.7. The van der Waals surface area contributed by atoms with Gasteiger partial charge in [0.05, 0.1) is 19.8 Å². The minimum absolute atomic E-state index is 0.0000676. The Morgan fingerprint density at radius 2 is 2.04 bits per heavy atom. The molecule has 0 bridgehead atoms. The van der Waals surface area contributed by atoms with Crippen LogP contribution >= 0.6 is 0 Å². The predicted octanol–water partition coefficient (Wildman–Crippen LogP) is 2.72. The molecule has 1 N–H and O–H groups in total. The van der Waals surface area contributed by atoms with Gasteiger partial charge in [-0.25, -0.2) is 0 Å². The first-order valence-electron chi connectivity index (χ1n) is 8.03. The van der Waals surface area contributed by atoms with Crippen LogP contribution in [0.4, 0.5) is 5.88 Å². The van der Waals surface area contributed by atoms with Crippen molar-refractivity contribution in [1.82, 2.24) is 0 Å². The molecule has 2 heterocycles. The fraction of sp³-hybridized carbons (Fsp3) is 0.333. The molecular formula is C18H19NO7. The number of esters is 1. The second-order valence-electron chi connectivity index (χ2n) is 5.72. The monoisotopic (exact) mass is 361 g/mol. The lowest BCUT2D eigenvalue weighted by Crippen LogP contribution is -2.24. The topological polar surface area (TPSA) is 98.4 Å². The molecular weight excluding hydrogens is 342 g/mol. The average molecular weight is 361 g/mol. The Labute approximate surface area is 149 Å². The van der Waals surface area contributed by atoms with Crippen LogP contribution in [-0.2, 0) is 9.59 Å². The second kappa shape index (κ2) is 6.99. The number of benzene rings is 1. The highest BCUT2D eigenvalue weighted by atomic mass is 16.6. The van der Waals surface area contributed by atoms with E-state index in [1.54, 1.807) is 18.2 Å². The van der Waals surface area contributed by atoms with Crippen LogP contribution in [0.2, 0.25) is 0 Å². The van der Waals surface area contributed by atoms with E-state index in [0.717, 1.165) is 0 Å². The van der Waals surface area contributed by atoms with Crippen molar-refractivity contribution >= 4 is 17.8 Å². The minimum atomic E-state index is -0.641. The average Bonchev–Trinajstić information content (AvgIpc) is 3.18. The summed E-state index contributed by atoms with van der Waals surface area (Å²) in [6.45, 7) is 1.61. The summed E-state index contributed by atoms with van der Waals surface area (Å²) < 4.78 is 21.4. The molecule has 1 aromatic heterocycles. The predicted molar refractivity (Wildman–Crippen MR) is 91.8 cm³/mol. The molecule has 1 aliphatic rings. The lowest BCUT2D eigenvalue weighted by Gasteiger charge is -2.13.